The SMILES string of the molecule is CC[C@H](C)NCc1cnc[nH]1. The predicted molar refractivity (Wildman–Crippen MR) is 45.2 cm³/mol. The summed E-state index contributed by atoms with van der Waals surface area (Å²) < 4.78 is 0. The summed E-state index contributed by atoms with van der Waals surface area (Å²) in [5.41, 5.74) is 1.14. The molecule has 0 aliphatic rings. The first-order valence-corrected chi connectivity index (χ1v) is 4.03. The second kappa shape index (κ2) is 4.13. The molecule has 0 saturated carbocycles. The largest absolute Gasteiger partial charge is 0.347 e. The Morgan fingerprint density at radius 2 is 2.55 bits per heavy atom. The minimum absolute atomic E-state index is 0.582. The first-order chi connectivity index (χ1) is 5.33. The number of nitrogens with one attached hydrogen (secondary N) is 2. The maximum Gasteiger partial charge on any atom is 0.0922 e. The topological polar surface area (TPSA) is 40.7 Å². The molecule has 62 valence electrons. The van der Waals surface area contributed by atoms with E-state index >= 15 is 0 Å². The van der Waals surface area contributed by atoms with Crippen LogP contribution in [0.15, 0.2) is 12.5 Å². The molecule has 0 amide bonds. The van der Waals surface area contributed by atoms with Gasteiger partial charge in [-0.3, -0.25) is 0 Å². The normalized spacial score (nSPS) is 13.3. The molecule has 0 fully saturated rings. The fourth-order valence-corrected chi connectivity index (χ4v) is 0.810. The van der Waals surface area contributed by atoms with Crippen molar-refractivity contribution in [3.8, 4) is 0 Å². The van der Waals surface area contributed by atoms with Crippen LogP contribution in [0, 0.1) is 0 Å². The molecule has 1 rings (SSSR count). The number of hydrogen-bond donors (Lipinski definition) is 2. The van der Waals surface area contributed by atoms with Crippen molar-refractivity contribution >= 4 is 0 Å². The third kappa shape index (κ3) is 2.72. The molecule has 0 aliphatic carbocycles. The lowest BCUT2D eigenvalue weighted by atomic mass is 10.2. The van der Waals surface area contributed by atoms with Crippen molar-refractivity contribution in [2.24, 2.45) is 0 Å². The number of aromatic nitrogens is 2. The van der Waals surface area contributed by atoms with Gasteiger partial charge >= 0.3 is 0 Å². The van der Waals surface area contributed by atoms with Gasteiger partial charge in [-0.25, -0.2) is 4.98 Å². The highest BCUT2D eigenvalue weighted by molar-refractivity contribution is 4.93. The van der Waals surface area contributed by atoms with Crippen molar-refractivity contribution < 1.29 is 0 Å². The van der Waals surface area contributed by atoms with Crippen molar-refractivity contribution in [1.82, 2.24) is 15.3 Å². The standard InChI is InChI=1S/C8H15N3/c1-3-7(2)10-5-8-4-9-6-11-8/h4,6-7,10H,3,5H2,1-2H3,(H,9,11)/t7-/m0/s1. The van der Waals surface area contributed by atoms with E-state index in [1.165, 1.54) is 0 Å². The molecule has 1 heterocycles. The van der Waals surface area contributed by atoms with Crippen LogP contribution in [0.4, 0.5) is 0 Å². The lowest BCUT2D eigenvalue weighted by molar-refractivity contribution is 0.530. The van der Waals surface area contributed by atoms with Gasteiger partial charge in [0.1, 0.15) is 0 Å². The summed E-state index contributed by atoms with van der Waals surface area (Å²) in [5.74, 6) is 0. The summed E-state index contributed by atoms with van der Waals surface area (Å²) in [6, 6.07) is 0.582. The lowest BCUT2D eigenvalue weighted by Crippen LogP contribution is -2.24. The molecular weight excluding hydrogens is 138 g/mol. The van der Waals surface area contributed by atoms with Gasteiger partial charge in [-0.1, -0.05) is 6.92 Å². The molecule has 2 N–H and O–H groups in total. The highest BCUT2D eigenvalue weighted by Crippen LogP contribution is 1.93. The highest BCUT2D eigenvalue weighted by atomic mass is 14.9. The van der Waals surface area contributed by atoms with Crippen LogP contribution in [0.25, 0.3) is 0 Å². The zero-order valence-corrected chi connectivity index (χ0v) is 7.09. The maximum absolute atomic E-state index is 3.93. The molecule has 1 aromatic rings. The summed E-state index contributed by atoms with van der Waals surface area (Å²) in [6.07, 6.45) is 4.71. The van der Waals surface area contributed by atoms with Crippen molar-refractivity contribution in [3.63, 3.8) is 0 Å². The van der Waals surface area contributed by atoms with Gasteiger partial charge in [0.15, 0.2) is 0 Å². The van der Waals surface area contributed by atoms with Crippen LogP contribution < -0.4 is 5.32 Å². The Balaban J connectivity index is 2.23. The van der Waals surface area contributed by atoms with Crippen LogP contribution in [0.2, 0.25) is 0 Å². The van der Waals surface area contributed by atoms with Gasteiger partial charge in [-0.05, 0) is 13.3 Å². The minimum atomic E-state index is 0.582. The molecule has 0 spiro atoms. The van der Waals surface area contributed by atoms with Gasteiger partial charge < -0.3 is 10.3 Å². The number of aromatic amines is 1. The number of H-pyrrole nitrogens is 1. The number of nitrogens with zero attached hydrogens (tertiary/aromatic N) is 1. The monoisotopic (exact) mass is 153 g/mol. The molecule has 3 nitrogen and oxygen atoms in total. The fraction of sp³-hybridized carbons (Fsp3) is 0.625. The average molecular weight is 153 g/mol. The molecule has 0 saturated heterocycles. The Morgan fingerprint density at radius 3 is 3.09 bits per heavy atom. The van der Waals surface area contributed by atoms with E-state index in [2.05, 4.69) is 29.1 Å². The van der Waals surface area contributed by atoms with Crippen LogP contribution in [-0.2, 0) is 6.54 Å². The van der Waals surface area contributed by atoms with Crippen molar-refractivity contribution in [2.45, 2.75) is 32.9 Å². The molecule has 0 radical (unpaired) electrons. The molecular formula is C8H15N3. The zero-order valence-electron chi connectivity index (χ0n) is 7.09. The molecule has 11 heavy (non-hydrogen) atoms. The number of imidazole rings is 1. The van der Waals surface area contributed by atoms with Crippen molar-refractivity contribution in [1.29, 1.82) is 0 Å². The predicted octanol–water partition coefficient (Wildman–Crippen LogP) is 1.30. The van der Waals surface area contributed by atoms with Gasteiger partial charge in [0.2, 0.25) is 0 Å². The van der Waals surface area contributed by atoms with Crippen LogP contribution in [0.5, 0.6) is 0 Å². The average Bonchev–Trinajstić information content (AvgIpc) is 2.52. The molecule has 0 bridgehead atoms. The van der Waals surface area contributed by atoms with E-state index in [9.17, 15) is 0 Å². The summed E-state index contributed by atoms with van der Waals surface area (Å²) in [6.45, 7) is 5.23. The summed E-state index contributed by atoms with van der Waals surface area (Å²) in [7, 11) is 0. The van der Waals surface area contributed by atoms with Crippen LogP contribution in [0.1, 0.15) is 26.0 Å². The summed E-state index contributed by atoms with van der Waals surface area (Å²) >= 11 is 0. The van der Waals surface area contributed by atoms with E-state index < -0.39 is 0 Å². The molecule has 0 unspecified atom stereocenters. The Morgan fingerprint density at radius 1 is 1.73 bits per heavy atom. The second-order valence-corrected chi connectivity index (χ2v) is 2.77. The number of hydrogen-bond acceptors (Lipinski definition) is 2. The Labute approximate surface area is 67.2 Å². The van der Waals surface area contributed by atoms with Crippen LogP contribution >= 0.6 is 0 Å². The lowest BCUT2D eigenvalue weighted by Gasteiger charge is -2.08. The van der Waals surface area contributed by atoms with E-state index in [4.69, 9.17) is 0 Å². The van der Waals surface area contributed by atoms with E-state index in [0.29, 0.717) is 6.04 Å². The Bertz CT molecular complexity index is 181. The van der Waals surface area contributed by atoms with E-state index in [1.807, 2.05) is 6.20 Å². The fourth-order valence-electron chi connectivity index (χ4n) is 0.810. The Hall–Kier alpha value is -0.830. The second-order valence-electron chi connectivity index (χ2n) is 2.77. The zero-order chi connectivity index (χ0) is 8.10. The quantitative estimate of drug-likeness (QED) is 0.684. The third-order valence-corrected chi connectivity index (χ3v) is 1.81. The molecule has 1 atom stereocenters. The van der Waals surface area contributed by atoms with Gasteiger partial charge in [-0.2, -0.15) is 0 Å². The Kier molecular flexibility index (Phi) is 3.11. The first kappa shape index (κ1) is 8.27. The van der Waals surface area contributed by atoms with E-state index in [0.717, 1.165) is 18.7 Å². The van der Waals surface area contributed by atoms with Crippen molar-refractivity contribution in [2.75, 3.05) is 0 Å². The number of rotatable bonds is 4. The van der Waals surface area contributed by atoms with E-state index in [-0.39, 0.29) is 0 Å². The summed E-state index contributed by atoms with van der Waals surface area (Å²) in [5, 5.41) is 3.36. The smallest absolute Gasteiger partial charge is 0.0922 e. The molecule has 3 heteroatoms. The highest BCUT2D eigenvalue weighted by Gasteiger charge is 1.97. The molecule has 0 aromatic carbocycles. The van der Waals surface area contributed by atoms with Gasteiger partial charge in [-0.15, -0.1) is 0 Å². The first-order valence-electron chi connectivity index (χ1n) is 4.03. The summed E-state index contributed by atoms with van der Waals surface area (Å²) in [4.78, 5) is 6.97. The maximum atomic E-state index is 3.93. The van der Waals surface area contributed by atoms with Crippen molar-refractivity contribution in [3.05, 3.63) is 18.2 Å². The van der Waals surface area contributed by atoms with Gasteiger partial charge in [0, 0.05) is 24.5 Å². The van der Waals surface area contributed by atoms with E-state index in [1.54, 1.807) is 6.33 Å². The van der Waals surface area contributed by atoms with Gasteiger partial charge in [0.25, 0.3) is 0 Å². The van der Waals surface area contributed by atoms with Crippen LogP contribution in [-0.4, -0.2) is 16.0 Å². The van der Waals surface area contributed by atoms with Gasteiger partial charge in [0.05, 0.1) is 6.33 Å². The molecule has 0 aliphatic heterocycles. The minimum Gasteiger partial charge on any atom is -0.347 e. The van der Waals surface area contributed by atoms with Crippen LogP contribution in [0.3, 0.4) is 0 Å². The molecule has 1 aromatic heterocycles. The third-order valence-electron chi connectivity index (χ3n) is 1.81.